The van der Waals surface area contributed by atoms with Crippen molar-refractivity contribution in [1.82, 2.24) is 4.98 Å². The number of hydrogen-bond acceptors (Lipinski definition) is 3. The first-order chi connectivity index (χ1) is 9.19. The number of hydrogen-bond donors (Lipinski definition) is 1. The van der Waals surface area contributed by atoms with Crippen LogP contribution in [0.3, 0.4) is 0 Å². The minimum absolute atomic E-state index is 0.639. The summed E-state index contributed by atoms with van der Waals surface area (Å²) in [6.07, 6.45) is 1.86. The Bertz CT molecular complexity index is 558. The molecule has 2 rings (SSSR count). The molecule has 2 aromatic rings. The van der Waals surface area contributed by atoms with Crippen molar-refractivity contribution in [3.05, 3.63) is 57.7 Å². The van der Waals surface area contributed by atoms with Gasteiger partial charge in [0.1, 0.15) is 5.82 Å². The third kappa shape index (κ3) is 4.04. The van der Waals surface area contributed by atoms with E-state index in [2.05, 4.69) is 50.5 Å². The quantitative estimate of drug-likeness (QED) is 0.906. The molecule has 0 aliphatic heterocycles. The van der Waals surface area contributed by atoms with Gasteiger partial charge >= 0.3 is 0 Å². The van der Waals surface area contributed by atoms with E-state index in [4.69, 9.17) is 4.74 Å². The van der Waals surface area contributed by atoms with Crippen molar-refractivity contribution >= 4 is 21.7 Å². The van der Waals surface area contributed by atoms with E-state index in [0.717, 1.165) is 22.4 Å². The van der Waals surface area contributed by atoms with Crippen molar-refractivity contribution in [3.63, 3.8) is 0 Å². The first-order valence-electron chi connectivity index (χ1n) is 6.12. The molecule has 0 saturated carbocycles. The predicted octanol–water partition coefficient (Wildman–Crippen LogP) is 3.91. The van der Waals surface area contributed by atoms with Crippen LogP contribution < -0.4 is 5.32 Å². The second kappa shape index (κ2) is 6.68. The van der Waals surface area contributed by atoms with Crippen LogP contribution in [0.15, 0.2) is 41.0 Å². The number of nitrogens with zero attached hydrogens (tertiary/aromatic N) is 1. The number of halogens is 1. The highest BCUT2D eigenvalue weighted by atomic mass is 79.9. The fourth-order valence-corrected chi connectivity index (χ4v) is 2.45. The largest absolute Gasteiger partial charge is 0.380 e. The Morgan fingerprint density at radius 3 is 2.79 bits per heavy atom. The standard InChI is InChI=1S/C15H17BrN2O/c1-11-6-14(16)15(17-8-11)18-9-12-4-3-5-13(7-12)10-19-2/h3-8H,9-10H2,1-2H3,(H,17,18). The van der Waals surface area contributed by atoms with E-state index in [1.807, 2.05) is 19.2 Å². The van der Waals surface area contributed by atoms with Crippen molar-refractivity contribution < 1.29 is 4.74 Å². The van der Waals surface area contributed by atoms with Crippen LogP contribution in [0.25, 0.3) is 0 Å². The Balaban J connectivity index is 2.03. The van der Waals surface area contributed by atoms with Gasteiger partial charge in [-0.3, -0.25) is 0 Å². The average Bonchev–Trinajstić information content (AvgIpc) is 2.38. The zero-order chi connectivity index (χ0) is 13.7. The topological polar surface area (TPSA) is 34.1 Å². The van der Waals surface area contributed by atoms with Gasteiger partial charge < -0.3 is 10.1 Å². The molecule has 0 spiro atoms. The van der Waals surface area contributed by atoms with Crippen molar-refractivity contribution in [2.24, 2.45) is 0 Å². The number of pyridine rings is 1. The second-order valence-electron chi connectivity index (χ2n) is 4.45. The zero-order valence-electron chi connectivity index (χ0n) is 11.1. The molecule has 3 nitrogen and oxygen atoms in total. The third-order valence-corrected chi connectivity index (χ3v) is 3.34. The maximum Gasteiger partial charge on any atom is 0.140 e. The van der Waals surface area contributed by atoms with Crippen LogP contribution >= 0.6 is 15.9 Å². The van der Waals surface area contributed by atoms with Gasteiger partial charge in [-0.15, -0.1) is 0 Å². The lowest BCUT2D eigenvalue weighted by Gasteiger charge is -2.09. The van der Waals surface area contributed by atoms with E-state index in [-0.39, 0.29) is 0 Å². The van der Waals surface area contributed by atoms with Gasteiger partial charge in [0, 0.05) is 19.9 Å². The summed E-state index contributed by atoms with van der Waals surface area (Å²) in [5.74, 6) is 0.864. The molecule has 0 fully saturated rings. The molecule has 4 heteroatoms. The molecule has 19 heavy (non-hydrogen) atoms. The summed E-state index contributed by atoms with van der Waals surface area (Å²) in [6, 6.07) is 10.4. The summed E-state index contributed by atoms with van der Waals surface area (Å²) in [5.41, 5.74) is 3.53. The Labute approximate surface area is 122 Å². The number of rotatable bonds is 5. The fourth-order valence-electron chi connectivity index (χ4n) is 1.85. The summed E-state index contributed by atoms with van der Waals surface area (Å²) in [6.45, 7) is 3.41. The smallest absolute Gasteiger partial charge is 0.140 e. The number of benzene rings is 1. The molecular weight excluding hydrogens is 304 g/mol. The van der Waals surface area contributed by atoms with E-state index < -0.39 is 0 Å². The normalized spacial score (nSPS) is 10.5. The van der Waals surface area contributed by atoms with E-state index in [0.29, 0.717) is 6.61 Å². The molecule has 0 saturated heterocycles. The number of aromatic nitrogens is 1. The maximum atomic E-state index is 5.14. The van der Waals surface area contributed by atoms with Gasteiger partial charge in [-0.05, 0) is 45.6 Å². The first kappa shape index (κ1) is 14.0. The molecule has 0 atom stereocenters. The average molecular weight is 321 g/mol. The van der Waals surface area contributed by atoms with Gasteiger partial charge in [0.05, 0.1) is 11.1 Å². The Morgan fingerprint density at radius 2 is 2.05 bits per heavy atom. The van der Waals surface area contributed by atoms with Crippen molar-refractivity contribution in [1.29, 1.82) is 0 Å². The summed E-state index contributed by atoms with van der Waals surface area (Å²) >= 11 is 3.51. The number of nitrogens with one attached hydrogen (secondary N) is 1. The monoisotopic (exact) mass is 320 g/mol. The van der Waals surface area contributed by atoms with Crippen LogP contribution in [0.5, 0.6) is 0 Å². The molecule has 0 amide bonds. The highest BCUT2D eigenvalue weighted by Crippen LogP contribution is 2.21. The van der Waals surface area contributed by atoms with Gasteiger partial charge in [-0.2, -0.15) is 0 Å². The minimum atomic E-state index is 0.639. The zero-order valence-corrected chi connectivity index (χ0v) is 12.7. The molecule has 0 unspecified atom stereocenters. The van der Waals surface area contributed by atoms with Crippen LogP contribution in [-0.4, -0.2) is 12.1 Å². The summed E-state index contributed by atoms with van der Waals surface area (Å²) < 4.78 is 6.12. The van der Waals surface area contributed by atoms with E-state index in [9.17, 15) is 0 Å². The molecule has 0 aliphatic rings. The highest BCUT2D eigenvalue weighted by molar-refractivity contribution is 9.10. The van der Waals surface area contributed by atoms with Gasteiger partial charge in [0.15, 0.2) is 0 Å². The van der Waals surface area contributed by atoms with Crippen LogP contribution in [0.2, 0.25) is 0 Å². The number of ether oxygens (including phenoxy) is 1. The van der Waals surface area contributed by atoms with Gasteiger partial charge in [-0.25, -0.2) is 4.98 Å². The predicted molar refractivity (Wildman–Crippen MR) is 81.2 cm³/mol. The molecule has 100 valence electrons. The Morgan fingerprint density at radius 1 is 1.26 bits per heavy atom. The van der Waals surface area contributed by atoms with Crippen molar-refractivity contribution in [3.8, 4) is 0 Å². The molecule has 1 aromatic carbocycles. The fraction of sp³-hybridized carbons (Fsp3) is 0.267. The lowest BCUT2D eigenvalue weighted by atomic mass is 10.1. The van der Waals surface area contributed by atoms with Gasteiger partial charge in [0.2, 0.25) is 0 Å². The minimum Gasteiger partial charge on any atom is -0.380 e. The Kier molecular flexibility index (Phi) is 4.93. The van der Waals surface area contributed by atoms with E-state index in [1.165, 1.54) is 11.1 Å². The maximum absolute atomic E-state index is 5.14. The molecule has 1 aromatic heterocycles. The lowest BCUT2D eigenvalue weighted by Crippen LogP contribution is -2.03. The number of aryl methyl sites for hydroxylation is 1. The summed E-state index contributed by atoms with van der Waals surface area (Å²) in [5, 5.41) is 3.33. The van der Waals surface area contributed by atoms with Crippen LogP contribution in [0.1, 0.15) is 16.7 Å². The van der Waals surface area contributed by atoms with E-state index >= 15 is 0 Å². The van der Waals surface area contributed by atoms with Crippen LogP contribution in [0.4, 0.5) is 5.82 Å². The summed E-state index contributed by atoms with van der Waals surface area (Å²) in [7, 11) is 1.71. The molecular formula is C15H17BrN2O. The molecule has 1 heterocycles. The Hall–Kier alpha value is -1.39. The van der Waals surface area contributed by atoms with Crippen molar-refractivity contribution in [2.75, 3.05) is 12.4 Å². The van der Waals surface area contributed by atoms with Gasteiger partial charge in [0.25, 0.3) is 0 Å². The second-order valence-corrected chi connectivity index (χ2v) is 5.30. The number of methoxy groups -OCH3 is 1. The highest BCUT2D eigenvalue weighted by Gasteiger charge is 2.02. The SMILES string of the molecule is COCc1cccc(CNc2ncc(C)cc2Br)c1. The molecule has 0 bridgehead atoms. The first-order valence-corrected chi connectivity index (χ1v) is 6.91. The molecule has 0 aliphatic carbocycles. The van der Waals surface area contributed by atoms with Gasteiger partial charge in [-0.1, -0.05) is 24.3 Å². The van der Waals surface area contributed by atoms with E-state index in [1.54, 1.807) is 7.11 Å². The third-order valence-electron chi connectivity index (χ3n) is 2.74. The van der Waals surface area contributed by atoms with Crippen molar-refractivity contribution in [2.45, 2.75) is 20.1 Å². The summed E-state index contributed by atoms with van der Waals surface area (Å²) in [4.78, 5) is 4.37. The molecule has 0 radical (unpaired) electrons. The number of anilines is 1. The lowest BCUT2D eigenvalue weighted by molar-refractivity contribution is 0.185. The van der Waals surface area contributed by atoms with Crippen LogP contribution in [0, 0.1) is 6.92 Å². The van der Waals surface area contributed by atoms with Crippen LogP contribution in [-0.2, 0) is 17.9 Å². The molecule has 1 N–H and O–H groups in total.